The molecule has 3 N–H and O–H groups in total. The maximum atomic E-state index is 12.2. The third-order valence-electron chi connectivity index (χ3n) is 3.20. The third-order valence-corrected chi connectivity index (χ3v) is 3.20. The number of aromatic amines is 1. The SMILES string of the molecule is O=C(Cc1ccc(-c2nn[nH]n2)cc1)c1ccc(O)cc1O. The second kappa shape index (κ2) is 5.65. The Labute approximate surface area is 125 Å². The van der Waals surface area contributed by atoms with E-state index in [1.807, 2.05) is 0 Å². The first kappa shape index (κ1) is 13.7. The first-order valence-electron chi connectivity index (χ1n) is 6.51. The van der Waals surface area contributed by atoms with Gasteiger partial charge in [0.05, 0.1) is 5.56 Å². The van der Waals surface area contributed by atoms with E-state index in [4.69, 9.17) is 0 Å². The van der Waals surface area contributed by atoms with E-state index in [0.29, 0.717) is 5.82 Å². The molecule has 0 fully saturated rings. The molecule has 0 radical (unpaired) electrons. The van der Waals surface area contributed by atoms with Crippen LogP contribution in [0.15, 0.2) is 42.5 Å². The van der Waals surface area contributed by atoms with Crippen molar-refractivity contribution in [3.8, 4) is 22.9 Å². The minimum Gasteiger partial charge on any atom is -0.508 e. The summed E-state index contributed by atoms with van der Waals surface area (Å²) in [4.78, 5) is 12.2. The number of hydrogen-bond donors (Lipinski definition) is 3. The molecule has 7 nitrogen and oxygen atoms in total. The second-order valence-electron chi connectivity index (χ2n) is 4.73. The van der Waals surface area contributed by atoms with Gasteiger partial charge in [0.2, 0.25) is 5.82 Å². The predicted molar refractivity (Wildman–Crippen MR) is 77.4 cm³/mol. The number of H-pyrrole nitrogens is 1. The van der Waals surface area contributed by atoms with Crippen molar-refractivity contribution in [1.82, 2.24) is 20.6 Å². The number of ketones is 1. The van der Waals surface area contributed by atoms with Crippen LogP contribution in [-0.2, 0) is 6.42 Å². The molecular formula is C15H12N4O3. The normalized spacial score (nSPS) is 10.5. The molecule has 3 rings (SSSR count). The number of nitrogens with zero attached hydrogens (tertiary/aromatic N) is 3. The highest BCUT2D eigenvalue weighted by atomic mass is 16.3. The summed E-state index contributed by atoms with van der Waals surface area (Å²) >= 11 is 0. The van der Waals surface area contributed by atoms with E-state index in [1.165, 1.54) is 12.1 Å². The largest absolute Gasteiger partial charge is 0.508 e. The standard InChI is InChI=1S/C15H12N4O3/c20-11-5-6-12(14(22)8-11)13(21)7-9-1-3-10(4-2-9)15-16-18-19-17-15/h1-6,8,20,22H,7H2,(H,16,17,18,19). The van der Waals surface area contributed by atoms with Crippen molar-refractivity contribution in [3.05, 3.63) is 53.6 Å². The number of Topliss-reactive ketones (excluding diaryl/α,β-unsaturated/α-hetero) is 1. The maximum absolute atomic E-state index is 12.2. The Morgan fingerprint density at radius 1 is 1.09 bits per heavy atom. The molecular weight excluding hydrogens is 284 g/mol. The lowest BCUT2D eigenvalue weighted by Gasteiger charge is -2.05. The zero-order valence-electron chi connectivity index (χ0n) is 11.4. The fraction of sp³-hybridized carbons (Fsp3) is 0.0667. The first-order valence-corrected chi connectivity index (χ1v) is 6.51. The summed E-state index contributed by atoms with van der Waals surface area (Å²) in [6, 6.07) is 11.1. The summed E-state index contributed by atoms with van der Waals surface area (Å²) in [7, 11) is 0. The smallest absolute Gasteiger partial charge is 0.204 e. The van der Waals surface area contributed by atoms with Crippen LogP contribution >= 0.6 is 0 Å². The highest BCUT2D eigenvalue weighted by Gasteiger charge is 2.12. The summed E-state index contributed by atoms with van der Waals surface area (Å²) in [5.41, 5.74) is 1.77. The van der Waals surface area contributed by atoms with Crippen LogP contribution in [0.1, 0.15) is 15.9 Å². The van der Waals surface area contributed by atoms with Gasteiger partial charge in [-0.15, -0.1) is 10.2 Å². The summed E-state index contributed by atoms with van der Waals surface area (Å²) < 4.78 is 0. The van der Waals surface area contributed by atoms with Crippen LogP contribution in [0.5, 0.6) is 11.5 Å². The minimum absolute atomic E-state index is 0.0847. The molecule has 0 saturated carbocycles. The lowest BCUT2D eigenvalue weighted by molar-refractivity contribution is 0.0990. The minimum atomic E-state index is -0.232. The number of aromatic hydroxyl groups is 2. The van der Waals surface area contributed by atoms with Gasteiger partial charge < -0.3 is 10.2 Å². The van der Waals surface area contributed by atoms with Gasteiger partial charge in [-0.2, -0.15) is 5.21 Å². The fourth-order valence-electron chi connectivity index (χ4n) is 2.09. The van der Waals surface area contributed by atoms with Gasteiger partial charge in [0.15, 0.2) is 5.78 Å². The Morgan fingerprint density at radius 3 is 2.50 bits per heavy atom. The molecule has 0 atom stereocenters. The quantitative estimate of drug-likeness (QED) is 0.632. The molecule has 0 aliphatic carbocycles. The molecule has 0 unspecified atom stereocenters. The number of hydrogen-bond acceptors (Lipinski definition) is 6. The van der Waals surface area contributed by atoms with E-state index in [0.717, 1.165) is 17.2 Å². The average molecular weight is 296 g/mol. The Bertz CT molecular complexity index is 798. The summed E-state index contributed by atoms with van der Waals surface area (Å²) in [6.07, 6.45) is 0.144. The first-order chi connectivity index (χ1) is 10.6. The molecule has 0 bridgehead atoms. The zero-order valence-corrected chi connectivity index (χ0v) is 11.4. The van der Waals surface area contributed by atoms with Crippen molar-refractivity contribution >= 4 is 5.78 Å². The predicted octanol–water partition coefficient (Wildman–Crippen LogP) is 1.70. The number of carbonyl (C=O) groups is 1. The van der Waals surface area contributed by atoms with Gasteiger partial charge in [-0.05, 0) is 22.9 Å². The average Bonchev–Trinajstić information content (AvgIpc) is 3.02. The van der Waals surface area contributed by atoms with E-state index < -0.39 is 0 Å². The summed E-state index contributed by atoms with van der Waals surface area (Å²) in [6.45, 7) is 0. The van der Waals surface area contributed by atoms with Crippen LogP contribution in [0.2, 0.25) is 0 Å². The molecule has 110 valence electrons. The topological polar surface area (TPSA) is 112 Å². The van der Waals surface area contributed by atoms with Gasteiger partial charge in [0.1, 0.15) is 11.5 Å². The van der Waals surface area contributed by atoms with Crippen molar-refractivity contribution in [1.29, 1.82) is 0 Å². The van der Waals surface area contributed by atoms with Gasteiger partial charge in [-0.25, -0.2) is 0 Å². The molecule has 0 spiro atoms. The Morgan fingerprint density at radius 2 is 1.86 bits per heavy atom. The van der Waals surface area contributed by atoms with Crippen molar-refractivity contribution in [2.45, 2.75) is 6.42 Å². The van der Waals surface area contributed by atoms with Crippen LogP contribution in [0.3, 0.4) is 0 Å². The maximum Gasteiger partial charge on any atom is 0.204 e. The molecule has 22 heavy (non-hydrogen) atoms. The van der Waals surface area contributed by atoms with Gasteiger partial charge >= 0.3 is 0 Å². The molecule has 0 aliphatic heterocycles. The number of rotatable bonds is 4. The number of benzene rings is 2. The van der Waals surface area contributed by atoms with Crippen LogP contribution in [0, 0.1) is 0 Å². The number of tetrazole rings is 1. The van der Waals surface area contributed by atoms with Crippen LogP contribution < -0.4 is 0 Å². The van der Waals surface area contributed by atoms with Crippen LogP contribution in [0.25, 0.3) is 11.4 Å². The Balaban J connectivity index is 1.77. The number of aromatic nitrogens is 4. The lowest BCUT2D eigenvalue weighted by atomic mass is 10.0. The van der Waals surface area contributed by atoms with Crippen LogP contribution in [0.4, 0.5) is 0 Å². The number of phenols is 2. The van der Waals surface area contributed by atoms with E-state index in [-0.39, 0.29) is 29.3 Å². The monoisotopic (exact) mass is 296 g/mol. The summed E-state index contributed by atoms with van der Waals surface area (Å²) in [5.74, 6) is -0.0641. The second-order valence-corrected chi connectivity index (χ2v) is 4.73. The highest BCUT2D eigenvalue weighted by Crippen LogP contribution is 2.24. The molecule has 7 heteroatoms. The van der Waals surface area contributed by atoms with Crippen LogP contribution in [-0.4, -0.2) is 36.6 Å². The molecule has 0 aliphatic rings. The highest BCUT2D eigenvalue weighted by molar-refractivity contribution is 6.00. The number of carbonyl (C=O) groups excluding carboxylic acids is 1. The van der Waals surface area contributed by atoms with Gasteiger partial charge in [-0.1, -0.05) is 24.3 Å². The Kier molecular flexibility index (Phi) is 3.53. The molecule has 2 aromatic carbocycles. The van der Waals surface area contributed by atoms with Gasteiger partial charge in [-0.3, -0.25) is 4.79 Å². The fourth-order valence-corrected chi connectivity index (χ4v) is 2.09. The number of nitrogens with one attached hydrogen (secondary N) is 1. The van der Waals surface area contributed by atoms with E-state index in [2.05, 4.69) is 20.6 Å². The van der Waals surface area contributed by atoms with Crippen molar-refractivity contribution in [2.24, 2.45) is 0 Å². The van der Waals surface area contributed by atoms with Crippen molar-refractivity contribution in [3.63, 3.8) is 0 Å². The molecule has 1 aromatic heterocycles. The molecule has 3 aromatic rings. The third kappa shape index (κ3) is 2.78. The van der Waals surface area contributed by atoms with Gasteiger partial charge in [0.25, 0.3) is 0 Å². The van der Waals surface area contributed by atoms with Crippen molar-refractivity contribution in [2.75, 3.05) is 0 Å². The molecule has 0 amide bonds. The molecule has 0 saturated heterocycles. The Hall–Kier alpha value is -3.22. The van der Waals surface area contributed by atoms with Crippen molar-refractivity contribution < 1.29 is 15.0 Å². The number of phenolic OH excluding ortho intramolecular Hbond substituents is 2. The molecule has 1 heterocycles. The lowest BCUT2D eigenvalue weighted by Crippen LogP contribution is -2.03. The van der Waals surface area contributed by atoms with E-state index >= 15 is 0 Å². The van der Waals surface area contributed by atoms with E-state index in [1.54, 1.807) is 24.3 Å². The van der Waals surface area contributed by atoms with Gasteiger partial charge in [0, 0.05) is 18.1 Å². The van der Waals surface area contributed by atoms with E-state index in [9.17, 15) is 15.0 Å². The zero-order chi connectivity index (χ0) is 15.5. The summed E-state index contributed by atoms with van der Waals surface area (Å²) in [5, 5.41) is 32.5.